The van der Waals surface area contributed by atoms with Gasteiger partial charge in [0.05, 0.1) is 36.2 Å². The molecule has 0 spiro atoms. The number of aliphatic carboxylic acids is 1. The van der Waals surface area contributed by atoms with Gasteiger partial charge >= 0.3 is 5.97 Å². The number of ether oxygens (including phenoxy) is 2. The Labute approximate surface area is 196 Å². The first-order valence-electron chi connectivity index (χ1n) is 11.5. The molecule has 2 saturated carbocycles. The second kappa shape index (κ2) is 9.62. The van der Waals surface area contributed by atoms with Crippen LogP contribution in [-0.4, -0.2) is 53.2 Å². The van der Waals surface area contributed by atoms with Crippen LogP contribution >= 0.6 is 0 Å². The zero-order valence-corrected chi connectivity index (χ0v) is 18.9. The minimum atomic E-state index is -0.752. The molecule has 178 valence electrons. The van der Waals surface area contributed by atoms with Crippen LogP contribution in [0.1, 0.15) is 44.2 Å². The fourth-order valence-electron chi connectivity index (χ4n) is 4.05. The lowest BCUT2D eigenvalue weighted by molar-refractivity contribution is -0.143. The third-order valence-corrected chi connectivity index (χ3v) is 6.06. The molecule has 3 aromatic heterocycles. The Balaban J connectivity index is 1.24. The van der Waals surface area contributed by atoms with Gasteiger partial charge in [0.1, 0.15) is 17.5 Å². The SMILES string of the molecule is Cn1nnc(-c2ccc(O[C@H]3CCC[C@H](C(=O)O)C3)cn2)c1CNc1nccc(OC2CC2)n1. The average molecular weight is 466 g/mol. The highest BCUT2D eigenvalue weighted by molar-refractivity contribution is 5.70. The third kappa shape index (κ3) is 5.24. The van der Waals surface area contributed by atoms with Gasteiger partial charge in [-0.1, -0.05) is 5.21 Å². The molecular formula is C23H27N7O4. The van der Waals surface area contributed by atoms with Crippen LogP contribution in [-0.2, 0) is 18.4 Å². The number of rotatable bonds is 9. The Bertz CT molecular complexity index is 1150. The fourth-order valence-corrected chi connectivity index (χ4v) is 4.05. The lowest BCUT2D eigenvalue weighted by atomic mass is 9.87. The van der Waals surface area contributed by atoms with Gasteiger partial charge in [-0.3, -0.25) is 9.78 Å². The predicted molar refractivity (Wildman–Crippen MR) is 121 cm³/mol. The highest BCUT2D eigenvalue weighted by Gasteiger charge is 2.28. The van der Waals surface area contributed by atoms with Crippen molar-refractivity contribution >= 4 is 11.9 Å². The van der Waals surface area contributed by atoms with E-state index in [1.54, 1.807) is 23.1 Å². The Morgan fingerprint density at radius 1 is 1.15 bits per heavy atom. The maximum absolute atomic E-state index is 11.3. The van der Waals surface area contributed by atoms with Gasteiger partial charge in [0.2, 0.25) is 11.8 Å². The molecule has 3 aromatic rings. The average Bonchev–Trinajstić information content (AvgIpc) is 3.58. The number of hydrogen-bond acceptors (Lipinski definition) is 9. The molecule has 0 aromatic carbocycles. The van der Waals surface area contributed by atoms with E-state index in [4.69, 9.17) is 9.47 Å². The van der Waals surface area contributed by atoms with E-state index >= 15 is 0 Å². The van der Waals surface area contributed by atoms with Gasteiger partial charge in [0, 0.05) is 19.3 Å². The minimum absolute atomic E-state index is 0.113. The quantitative estimate of drug-likeness (QED) is 0.485. The number of pyridine rings is 1. The van der Waals surface area contributed by atoms with Crippen LogP contribution in [0.5, 0.6) is 11.6 Å². The summed E-state index contributed by atoms with van der Waals surface area (Å²) in [6.07, 6.45) is 8.53. The number of nitrogens with one attached hydrogen (secondary N) is 1. The van der Waals surface area contributed by atoms with Crippen LogP contribution in [0.25, 0.3) is 11.4 Å². The van der Waals surface area contributed by atoms with Crippen molar-refractivity contribution in [3.63, 3.8) is 0 Å². The first-order valence-corrected chi connectivity index (χ1v) is 11.5. The molecule has 3 heterocycles. The number of anilines is 1. The van der Waals surface area contributed by atoms with Crippen LogP contribution in [0, 0.1) is 5.92 Å². The van der Waals surface area contributed by atoms with Crippen LogP contribution in [0.3, 0.4) is 0 Å². The topological polar surface area (TPSA) is 137 Å². The molecule has 2 N–H and O–H groups in total. The number of carbonyl (C=O) groups is 1. The molecule has 2 fully saturated rings. The van der Waals surface area contributed by atoms with Gasteiger partial charge in [0.25, 0.3) is 0 Å². The van der Waals surface area contributed by atoms with Crippen LogP contribution in [0.2, 0.25) is 0 Å². The summed E-state index contributed by atoms with van der Waals surface area (Å²) in [6, 6.07) is 5.42. The van der Waals surface area contributed by atoms with Crippen LogP contribution < -0.4 is 14.8 Å². The van der Waals surface area contributed by atoms with E-state index in [1.165, 1.54) is 0 Å². The monoisotopic (exact) mass is 465 g/mol. The normalized spacial score (nSPS) is 20.0. The molecule has 34 heavy (non-hydrogen) atoms. The van der Waals surface area contributed by atoms with Crippen molar-refractivity contribution in [2.75, 3.05) is 5.32 Å². The number of carboxylic acid groups (broad SMARTS) is 1. The van der Waals surface area contributed by atoms with E-state index in [0.717, 1.165) is 31.4 Å². The Morgan fingerprint density at radius 3 is 2.79 bits per heavy atom. The zero-order chi connectivity index (χ0) is 23.5. The van der Waals surface area contributed by atoms with E-state index < -0.39 is 5.97 Å². The van der Waals surface area contributed by atoms with Gasteiger partial charge in [0.15, 0.2) is 0 Å². The van der Waals surface area contributed by atoms with Gasteiger partial charge in [-0.15, -0.1) is 5.10 Å². The second-order valence-corrected chi connectivity index (χ2v) is 8.72. The number of carboxylic acids is 1. The molecule has 5 rings (SSSR count). The maximum Gasteiger partial charge on any atom is 0.306 e. The zero-order valence-electron chi connectivity index (χ0n) is 18.9. The molecule has 0 amide bonds. The smallest absolute Gasteiger partial charge is 0.306 e. The lowest BCUT2D eigenvalue weighted by Crippen LogP contribution is -2.29. The summed E-state index contributed by atoms with van der Waals surface area (Å²) in [4.78, 5) is 24.5. The van der Waals surface area contributed by atoms with Crippen molar-refractivity contribution in [2.45, 2.75) is 57.3 Å². The number of nitrogens with zero attached hydrogens (tertiary/aromatic N) is 6. The minimum Gasteiger partial charge on any atom is -0.489 e. The molecule has 11 heteroatoms. The number of aryl methyl sites for hydroxylation is 1. The van der Waals surface area contributed by atoms with Gasteiger partial charge in [-0.05, 0) is 50.7 Å². The highest BCUT2D eigenvalue weighted by atomic mass is 16.5. The Hall–Kier alpha value is -3.76. The van der Waals surface area contributed by atoms with Crippen molar-refractivity contribution in [3.8, 4) is 23.0 Å². The van der Waals surface area contributed by atoms with Crippen molar-refractivity contribution in [1.82, 2.24) is 29.9 Å². The maximum atomic E-state index is 11.3. The predicted octanol–water partition coefficient (Wildman–Crippen LogP) is 2.84. The molecule has 11 nitrogen and oxygen atoms in total. The summed E-state index contributed by atoms with van der Waals surface area (Å²) in [7, 11) is 1.82. The molecule has 0 unspecified atom stereocenters. The van der Waals surface area contributed by atoms with Gasteiger partial charge in [-0.25, -0.2) is 9.67 Å². The van der Waals surface area contributed by atoms with E-state index in [2.05, 4.69) is 30.6 Å². The summed E-state index contributed by atoms with van der Waals surface area (Å²) >= 11 is 0. The van der Waals surface area contributed by atoms with Crippen LogP contribution in [0.15, 0.2) is 30.6 Å². The summed E-state index contributed by atoms with van der Waals surface area (Å²) in [5.74, 6) is 0.551. The summed E-state index contributed by atoms with van der Waals surface area (Å²) in [6.45, 7) is 0.407. The molecule has 2 aliphatic rings. The van der Waals surface area contributed by atoms with E-state index in [1.807, 2.05) is 19.2 Å². The molecule has 0 aliphatic heterocycles. The first kappa shape index (κ1) is 22.1. The van der Waals surface area contributed by atoms with Gasteiger partial charge < -0.3 is 19.9 Å². The van der Waals surface area contributed by atoms with Gasteiger partial charge in [-0.2, -0.15) is 4.98 Å². The van der Waals surface area contributed by atoms with Crippen molar-refractivity contribution in [3.05, 3.63) is 36.3 Å². The summed E-state index contributed by atoms with van der Waals surface area (Å²) < 4.78 is 13.4. The van der Waals surface area contributed by atoms with Crippen molar-refractivity contribution < 1.29 is 19.4 Å². The standard InChI is InChI=1S/C23H27N7O4/c1-30-19(13-26-23-24-10-9-20(27-23)34-15-5-6-15)21(28-29-30)18-8-7-17(12-25-18)33-16-4-2-3-14(11-16)22(31)32/h7-10,12,14-16H,2-6,11,13H2,1H3,(H,31,32)(H,24,26,27)/t14-,16-/m0/s1. The molecular weight excluding hydrogens is 438 g/mol. The van der Waals surface area contributed by atoms with E-state index in [9.17, 15) is 9.90 Å². The van der Waals surface area contributed by atoms with Crippen molar-refractivity contribution in [2.24, 2.45) is 13.0 Å². The van der Waals surface area contributed by atoms with Crippen LogP contribution in [0.4, 0.5) is 5.95 Å². The Morgan fingerprint density at radius 2 is 2.03 bits per heavy atom. The first-order chi connectivity index (χ1) is 16.5. The van der Waals surface area contributed by atoms with E-state index in [-0.39, 0.29) is 18.1 Å². The molecule has 2 atom stereocenters. The second-order valence-electron chi connectivity index (χ2n) is 8.72. The molecule has 0 bridgehead atoms. The molecule has 2 aliphatic carbocycles. The number of aromatic nitrogens is 6. The molecule has 0 saturated heterocycles. The number of hydrogen-bond donors (Lipinski definition) is 2. The molecule has 0 radical (unpaired) electrons. The summed E-state index contributed by atoms with van der Waals surface area (Å²) in [5, 5.41) is 20.9. The lowest BCUT2D eigenvalue weighted by Gasteiger charge is -2.27. The largest absolute Gasteiger partial charge is 0.489 e. The highest BCUT2D eigenvalue weighted by Crippen LogP contribution is 2.29. The van der Waals surface area contributed by atoms with Crippen molar-refractivity contribution in [1.29, 1.82) is 0 Å². The Kier molecular flexibility index (Phi) is 6.24. The van der Waals surface area contributed by atoms with E-state index in [0.29, 0.717) is 48.4 Å². The summed E-state index contributed by atoms with van der Waals surface area (Å²) in [5.41, 5.74) is 2.14. The fraction of sp³-hybridized carbons (Fsp3) is 0.478. The third-order valence-electron chi connectivity index (χ3n) is 6.06.